The average Bonchev–Trinajstić information content (AvgIpc) is 3.40. The van der Waals surface area contributed by atoms with Crippen molar-refractivity contribution in [2.45, 2.75) is 40.2 Å². The first-order valence-corrected chi connectivity index (χ1v) is 12.2. The van der Waals surface area contributed by atoms with Crippen molar-refractivity contribution in [2.24, 2.45) is 5.41 Å². The van der Waals surface area contributed by atoms with E-state index in [1.54, 1.807) is 44.3 Å². The fourth-order valence-corrected chi connectivity index (χ4v) is 4.80. The van der Waals surface area contributed by atoms with Gasteiger partial charge in [0.2, 0.25) is 0 Å². The van der Waals surface area contributed by atoms with Crippen LogP contribution in [0.1, 0.15) is 55.5 Å². The van der Waals surface area contributed by atoms with Crippen LogP contribution in [-0.2, 0) is 5.60 Å². The molecule has 0 bridgehead atoms. The van der Waals surface area contributed by atoms with Gasteiger partial charge in [-0.25, -0.2) is 9.18 Å². The zero-order valence-corrected chi connectivity index (χ0v) is 21.8. The minimum absolute atomic E-state index is 0.136. The molecule has 0 atom stereocenters. The SMILES string of the molecule is CC(C)(C)C(=O)n1ncc2cc3c(cc21)c(-c1ccc(C(=O)O)cc1)c(C(C)(C)O)n3-c1ccc(F)cc1. The summed E-state index contributed by atoms with van der Waals surface area (Å²) in [5, 5.41) is 26.7. The van der Waals surface area contributed by atoms with Crippen LogP contribution >= 0.6 is 0 Å². The molecule has 0 aliphatic rings. The highest BCUT2D eigenvalue weighted by Gasteiger charge is 2.31. The number of benzene rings is 3. The zero-order chi connectivity index (χ0) is 27.6. The van der Waals surface area contributed by atoms with E-state index in [1.165, 1.54) is 28.9 Å². The van der Waals surface area contributed by atoms with Gasteiger partial charge in [-0.2, -0.15) is 9.78 Å². The van der Waals surface area contributed by atoms with Crippen LogP contribution in [0.2, 0.25) is 0 Å². The first-order valence-electron chi connectivity index (χ1n) is 12.2. The lowest BCUT2D eigenvalue weighted by molar-refractivity contribution is 0.0694. The maximum absolute atomic E-state index is 13.9. The quantitative estimate of drug-likeness (QED) is 0.290. The number of hydrogen-bond donors (Lipinski definition) is 2. The molecule has 3 aromatic carbocycles. The summed E-state index contributed by atoms with van der Waals surface area (Å²) >= 11 is 0. The van der Waals surface area contributed by atoms with Gasteiger partial charge in [-0.05, 0) is 67.9 Å². The van der Waals surface area contributed by atoms with Crippen LogP contribution in [-0.4, -0.2) is 36.4 Å². The van der Waals surface area contributed by atoms with Crippen molar-refractivity contribution < 1.29 is 24.2 Å². The van der Waals surface area contributed by atoms with E-state index in [4.69, 9.17) is 0 Å². The first-order chi connectivity index (χ1) is 17.8. The molecule has 2 heterocycles. The number of aromatic nitrogens is 3. The van der Waals surface area contributed by atoms with Crippen molar-refractivity contribution in [1.82, 2.24) is 14.3 Å². The Balaban J connectivity index is 1.93. The number of nitrogens with zero attached hydrogens (tertiary/aromatic N) is 3. The number of carbonyl (C=O) groups is 2. The second-order valence-electron chi connectivity index (χ2n) is 11.0. The first kappa shape index (κ1) is 25.4. The number of carboxylic acid groups (broad SMARTS) is 1. The smallest absolute Gasteiger partial charge is 0.335 e. The summed E-state index contributed by atoms with van der Waals surface area (Å²) in [6.45, 7) is 8.82. The molecule has 2 N–H and O–H groups in total. The molecule has 0 aliphatic heterocycles. The highest BCUT2D eigenvalue weighted by atomic mass is 19.1. The third kappa shape index (κ3) is 4.16. The summed E-state index contributed by atoms with van der Waals surface area (Å²) < 4.78 is 17.1. The van der Waals surface area contributed by atoms with Crippen LogP contribution in [0.15, 0.2) is 66.9 Å². The minimum atomic E-state index is -1.35. The number of aromatic carboxylic acids is 1. The van der Waals surface area contributed by atoms with E-state index >= 15 is 0 Å². The number of carboxylic acids is 1. The number of aliphatic hydroxyl groups is 1. The van der Waals surface area contributed by atoms with E-state index in [1.807, 2.05) is 37.5 Å². The second kappa shape index (κ2) is 8.63. The fraction of sp³-hybridized carbons (Fsp3) is 0.233. The molecule has 38 heavy (non-hydrogen) atoms. The molecule has 0 saturated carbocycles. The van der Waals surface area contributed by atoms with Gasteiger partial charge in [0.1, 0.15) is 5.82 Å². The number of rotatable bonds is 4. The maximum atomic E-state index is 13.9. The third-order valence-electron chi connectivity index (χ3n) is 6.57. The van der Waals surface area contributed by atoms with Crippen LogP contribution in [0.4, 0.5) is 4.39 Å². The predicted octanol–water partition coefficient (Wildman–Crippen LogP) is 6.40. The molecule has 0 saturated heterocycles. The second-order valence-corrected chi connectivity index (χ2v) is 11.0. The van der Waals surface area contributed by atoms with Crippen LogP contribution in [0.3, 0.4) is 0 Å². The van der Waals surface area contributed by atoms with Gasteiger partial charge < -0.3 is 14.8 Å². The molecule has 0 spiro atoms. The summed E-state index contributed by atoms with van der Waals surface area (Å²) in [6, 6.07) is 16.2. The Hall–Kier alpha value is -4.30. The normalized spacial score (nSPS) is 12.4. The lowest BCUT2D eigenvalue weighted by Crippen LogP contribution is -2.27. The average molecular weight is 514 g/mol. The minimum Gasteiger partial charge on any atom is -0.478 e. The maximum Gasteiger partial charge on any atom is 0.335 e. The molecular weight excluding hydrogens is 485 g/mol. The number of hydrogen-bond acceptors (Lipinski definition) is 4. The van der Waals surface area contributed by atoms with E-state index in [9.17, 15) is 24.2 Å². The highest BCUT2D eigenvalue weighted by Crippen LogP contribution is 2.43. The number of carbonyl (C=O) groups excluding carboxylic acids is 1. The van der Waals surface area contributed by atoms with E-state index in [0.717, 1.165) is 16.3 Å². The van der Waals surface area contributed by atoms with Crippen LogP contribution in [0, 0.1) is 11.2 Å². The van der Waals surface area contributed by atoms with Crippen molar-refractivity contribution in [3.8, 4) is 16.8 Å². The molecular formula is C30H28FN3O4. The van der Waals surface area contributed by atoms with Gasteiger partial charge in [-0.1, -0.05) is 32.9 Å². The van der Waals surface area contributed by atoms with Gasteiger partial charge in [-0.15, -0.1) is 0 Å². The fourth-order valence-electron chi connectivity index (χ4n) is 4.80. The van der Waals surface area contributed by atoms with E-state index in [2.05, 4.69) is 5.10 Å². The van der Waals surface area contributed by atoms with Crippen molar-refractivity contribution in [1.29, 1.82) is 0 Å². The summed E-state index contributed by atoms with van der Waals surface area (Å²) in [5.74, 6) is -1.59. The summed E-state index contributed by atoms with van der Waals surface area (Å²) in [7, 11) is 0. The Morgan fingerprint density at radius 3 is 2.08 bits per heavy atom. The molecule has 7 nitrogen and oxygen atoms in total. The molecule has 0 aliphatic carbocycles. The summed E-state index contributed by atoms with van der Waals surface area (Å²) in [6.07, 6.45) is 1.63. The van der Waals surface area contributed by atoms with E-state index < -0.39 is 17.0 Å². The van der Waals surface area contributed by atoms with Gasteiger partial charge in [0.05, 0.1) is 34.1 Å². The van der Waals surface area contributed by atoms with Gasteiger partial charge in [0.25, 0.3) is 5.91 Å². The Kier molecular flexibility index (Phi) is 5.76. The molecule has 0 unspecified atom stereocenters. The lowest BCUT2D eigenvalue weighted by atomic mass is 9.93. The highest BCUT2D eigenvalue weighted by molar-refractivity contribution is 6.08. The summed E-state index contributed by atoms with van der Waals surface area (Å²) in [4.78, 5) is 24.7. The van der Waals surface area contributed by atoms with Crippen molar-refractivity contribution in [3.05, 3.63) is 83.9 Å². The topological polar surface area (TPSA) is 97.3 Å². The molecule has 0 amide bonds. The molecule has 8 heteroatoms. The monoisotopic (exact) mass is 513 g/mol. The molecule has 0 radical (unpaired) electrons. The molecule has 0 fully saturated rings. The molecule has 194 valence electrons. The van der Waals surface area contributed by atoms with Gasteiger partial charge in [-0.3, -0.25) is 4.79 Å². The van der Waals surface area contributed by atoms with Crippen molar-refractivity contribution >= 4 is 33.7 Å². The van der Waals surface area contributed by atoms with Crippen LogP contribution < -0.4 is 0 Å². The predicted molar refractivity (Wildman–Crippen MR) is 144 cm³/mol. The molecule has 5 aromatic rings. The van der Waals surface area contributed by atoms with E-state index in [0.29, 0.717) is 28.0 Å². The molecule has 2 aromatic heterocycles. The lowest BCUT2D eigenvalue weighted by Gasteiger charge is -2.23. The van der Waals surface area contributed by atoms with Gasteiger partial charge in [0, 0.05) is 27.4 Å². The van der Waals surface area contributed by atoms with Crippen molar-refractivity contribution in [2.75, 3.05) is 0 Å². The Morgan fingerprint density at radius 2 is 1.53 bits per heavy atom. The Morgan fingerprint density at radius 1 is 0.895 bits per heavy atom. The standard InChI is InChI=1S/C30H28FN3O4/c1-29(2,3)28(37)34-23-15-22-24(14-19(23)16-32-34)33(21-12-10-20(31)11-13-21)26(30(4,5)38)25(22)17-6-8-18(9-7-17)27(35)36/h6-16,38H,1-5H3,(H,35,36). The van der Waals surface area contributed by atoms with Gasteiger partial charge in [0.15, 0.2) is 0 Å². The van der Waals surface area contributed by atoms with Crippen molar-refractivity contribution in [3.63, 3.8) is 0 Å². The van der Waals surface area contributed by atoms with Crippen LogP contribution in [0.5, 0.6) is 0 Å². The molecule has 5 rings (SSSR count). The van der Waals surface area contributed by atoms with Crippen LogP contribution in [0.25, 0.3) is 38.6 Å². The third-order valence-corrected chi connectivity index (χ3v) is 6.57. The Labute approximate surface area is 218 Å². The largest absolute Gasteiger partial charge is 0.478 e. The zero-order valence-electron chi connectivity index (χ0n) is 21.8. The van der Waals surface area contributed by atoms with E-state index in [-0.39, 0.29) is 17.3 Å². The van der Waals surface area contributed by atoms with Gasteiger partial charge >= 0.3 is 5.97 Å². The number of halogens is 1. The Bertz CT molecular complexity index is 1720. The number of fused-ring (bicyclic) bond motifs is 2. The summed E-state index contributed by atoms with van der Waals surface area (Å²) in [5.41, 5.74) is 1.99.